The smallest absolute Gasteiger partial charge is 0.462 e. The lowest BCUT2D eigenvalue weighted by Crippen LogP contribution is -2.30. The zero-order chi connectivity index (χ0) is 74.6. The highest BCUT2D eigenvalue weighted by atomic mass is 31.2. The first kappa shape index (κ1) is 99.1. The van der Waals surface area contributed by atoms with E-state index in [-0.39, 0.29) is 25.7 Å². The highest BCUT2D eigenvalue weighted by Crippen LogP contribution is 2.45. The molecule has 0 radical (unpaired) electrons. The fraction of sp³-hybridized carbons (Fsp3) is 0.951. The normalized spacial score (nSPS) is 14.0. The minimum atomic E-state index is -4.96. The summed E-state index contributed by atoms with van der Waals surface area (Å²) in [7, 11) is -9.92. The van der Waals surface area contributed by atoms with E-state index in [4.69, 9.17) is 37.0 Å². The molecule has 5 atom stereocenters. The molecule has 0 aliphatic rings. The average Bonchev–Trinajstić information content (AvgIpc) is 0.916. The molecule has 3 N–H and O–H groups in total. The van der Waals surface area contributed by atoms with Crippen LogP contribution in [-0.4, -0.2) is 96.7 Å². The van der Waals surface area contributed by atoms with Crippen LogP contribution in [0.25, 0.3) is 0 Å². The first-order valence-electron chi connectivity index (χ1n) is 42.2. The molecule has 3 unspecified atom stereocenters. The predicted molar refractivity (Wildman–Crippen MR) is 414 cm³/mol. The van der Waals surface area contributed by atoms with Gasteiger partial charge in [-0.2, -0.15) is 0 Å². The Bertz CT molecular complexity index is 1970. The molecule has 600 valence electrons. The Morgan fingerprint density at radius 3 is 0.614 bits per heavy atom. The molecule has 0 bridgehead atoms. The van der Waals surface area contributed by atoms with E-state index in [1.54, 1.807) is 0 Å². The summed E-state index contributed by atoms with van der Waals surface area (Å²) in [6, 6.07) is 0. The summed E-state index contributed by atoms with van der Waals surface area (Å²) in [6.45, 7) is 14.3. The number of carbonyl (C=O) groups excluding carboxylic acids is 4. The Labute approximate surface area is 619 Å². The van der Waals surface area contributed by atoms with Crippen LogP contribution in [0.3, 0.4) is 0 Å². The second kappa shape index (κ2) is 71.0. The van der Waals surface area contributed by atoms with E-state index >= 15 is 0 Å². The number of unbranched alkanes of at least 4 members (excludes halogenated alkanes) is 45. The third kappa shape index (κ3) is 76.1. The number of esters is 4. The van der Waals surface area contributed by atoms with Crippen LogP contribution >= 0.6 is 15.6 Å². The SMILES string of the molecule is CC(C)CCCCCCCCCCCCCCCCCCC(=O)OC[C@H](COP(=O)(O)OCC(O)COP(=O)(O)OC[C@@H](COC(=O)CCCCCCCCCC(C)C)OC(=O)CCCCCCCCCCCCCCCCCC(C)C)OC(=O)CCCCCCCCCCCCCC(C)C. The van der Waals surface area contributed by atoms with E-state index in [1.165, 1.54) is 218 Å². The van der Waals surface area contributed by atoms with Crippen molar-refractivity contribution in [2.45, 2.75) is 440 Å². The second-order valence-electron chi connectivity index (χ2n) is 31.4. The number of rotatable bonds is 79. The maximum atomic E-state index is 13.1. The van der Waals surface area contributed by atoms with Gasteiger partial charge in [-0.15, -0.1) is 0 Å². The number of hydrogen-bond acceptors (Lipinski definition) is 15. The molecule has 0 rings (SSSR count). The average molecular weight is 1480 g/mol. The highest BCUT2D eigenvalue weighted by molar-refractivity contribution is 7.47. The van der Waals surface area contributed by atoms with Gasteiger partial charge in [-0.1, -0.05) is 370 Å². The third-order valence-electron chi connectivity index (χ3n) is 19.1. The van der Waals surface area contributed by atoms with Crippen molar-refractivity contribution in [3.63, 3.8) is 0 Å². The second-order valence-corrected chi connectivity index (χ2v) is 34.3. The quantitative estimate of drug-likeness (QED) is 0.0222. The number of aliphatic hydroxyl groups excluding tert-OH is 1. The summed E-state index contributed by atoms with van der Waals surface area (Å²) in [6.07, 6.45) is 58.4. The Balaban J connectivity index is 5.22. The van der Waals surface area contributed by atoms with Crippen LogP contribution in [0.4, 0.5) is 0 Å². The maximum Gasteiger partial charge on any atom is 0.472 e. The maximum absolute atomic E-state index is 13.1. The van der Waals surface area contributed by atoms with Gasteiger partial charge in [0, 0.05) is 25.7 Å². The lowest BCUT2D eigenvalue weighted by molar-refractivity contribution is -0.161. The molecule has 0 aliphatic carbocycles. The van der Waals surface area contributed by atoms with E-state index in [9.17, 15) is 43.2 Å². The van der Waals surface area contributed by atoms with Crippen molar-refractivity contribution >= 4 is 39.5 Å². The van der Waals surface area contributed by atoms with Gasteiger partial charge < -0.3 is 33.8 Å². The number of phosphoric ester groups is 2. The Morgan fingerprint density at radius 2 is 0.416 bits per heavy atom. The standard InChI is InChI=1S/C82H160O17P2/c1-72(2)58-50-42-34-27-21-16-12-9-10-14-18-24-30-38-46-54-62-79(84)92-68-77(98-82(87)65-57-49-40-32-26-20-23-29-36-44-52-60-74(5)6)70-96-100(88,89)94-66-76(83)67-95-101(90,91)97-71-78(69-93-80(85)63-55-47-41-33-37-45-53-61-75(7)8)99-81(86)64-56-48-39-31-25-19-15-11-13-17-22-28-35-43-51-59-73(3)4/h72-78,83H,9-71H2,1-8H3,(H,88,89)(H,90,91)/t76?,77-,78-/m1/s1. The molecule has 101 heavy (non-hydrogen) atoms. The largest absolute Gasteiger partial charge is 0.472 e. The molecule has 0 aromatic heterocycles. The Morgan fingerprint density at radius 1 is 0.248 bits per heavy atom. The summed E-state index contributed by atoms with van der Waals surface area (Å²) in [5.41, 5.74) is 0. The van der Waals surface area contributed by atoms with Gasteiger partial charge in [-0.3, -0.25) is 37.3 Å². The molecule has 0 fully saturated rings. The first-order chi connectivity index (χ1) is 48.6. The zero-order valence-electron chi connectivity index (χ0n) is 66.5. The molecule has 0 saturated heterocycles. The van der Waals surface area contributed by atoms with Gasteiger partial charge in [-0.05, 0) is 49.4 Å². The molecule has 0 aliphatic heterocycles. The molecule has 0 aromatic rings. The lowest BCUT2D eigenvalue weighted by Gasteiger charge is -2.21. The van der Waals surface area contributed by atoms with Crippen LogP contribution < -0.4 is 0 Å². The molecular formula is C82H160O17P2. The van der Waals surface area contributed by atoms with Crippen LogP contribution in [0.5, 0.6) is 0 Å². The molecule has 17 nitrogen and oxygen atoms in total. The summed E-state index contributed by atoms with van der Waals surface area (Å²) in [5.74, 6) is 0.972. The number of phosphoric acid groups is 2. The predicted octanol–water partition coefficient (Wildman–Crippen LogP) is 24.4. The fourth-order valence-electron chi connectivity index (χ4n) is 12.6. The number of aliphatic hydroxyl groups is 1. The van der Waals surface area contributed by atoms with Crippen molar-refractivity contribution < 1.29 is 80.2 Å². The summed E-state index contributed by atoms with van der Waals surface area (Å²) in [5, 5.41) is 10.6. The number of hydrogen-bond donors (Lipinski definition) is 3. The van der Waals surface area contributed by atoms with Gasteiger partial charge in [0.1, 0.15) is 19.3 Å². The van der Waals surface area contributed by atoms with Gasteiger partial charge in [-0.25, -0.2) is 9.13 Å². The molecule has 0 heterocycles. The van der Waals surface area contributed by atoms with Gasteiger partial charge in [0.25, 0.3) is 0 Å². The topological polar surface area (TPSA) is 237 Å². The van der Waals surface area contributed by atoms with Crippen molar-refractivity contribution in [3.05, 3.63) is 0 Å². The summed E-state index contributed by atoms with van der Waals surface area (Å²) >= 11 is 0. The van der Waals surface area contributed by atoms with E-state index in [0.717, 1.165) is 114 Å². The summed E-state index contributed by atoms with van der Waals surface area (Å²) in [4.78, 5) is 73.0. The molecule has 19 heteroatoms. The zero-order valence-corrected chi connectivity index (χ0v) is 68.3. The minimum absolute atomic E-state index is 0.106. The fourth-order valence-corrected chi connectivity index (χ4v) is 14.2. The van der Waals surface area contributed by atoms with Gasteiger partial charge in [0.15, 0.2) is 12.2 Å². The van der Waals surface area contributed by atoms with Crippen molar-refractivity contribution in [1.29, 1.82) is 0 Å². The molecule has 0 saturated carbocycles. The van der Waals surface area contributed by atoms with Crippen LogP contribution in [0.15, 0.2) is 0 Å². The van der Waals surface area contributed by atoms with Gasteiger partial charge >= 0.3 is 39.5 Å². The van der Waals surface area contributed by atoms with Crippen molar-refractivity contribution in [1.82, 2.24) is 0 Å². The van der Waals surface area contributed by atoms with E-state index in [1.807, 2.05) is 0 Å². The van der Waals surface area contributed by atoms with E-state index in [0.29, 0.717) is 31.6 Å². The van der Waals surface area contributed by atoms with Crippen molar-refractivity contribution in [2.75, 3.05) is 39.6 Å². The van der Waals surface area contributed by atoms with Crippen molar-refractivity contribution in [3.8, 4) is 0 Å². The van der Waals surface area contributed by atoms with E-state index < -0.39 is 97.5 Å². The van der Waals surface area contributed by atoms with Gasteiger partial charge in [0.05, 0.1) is 26.4 Å². The van der Waals surface area contributed by atoms with Crippen LogP contribution in [0, 0.1) is 23.7 Å². The highest BCUT2D eigenvalue weighted by Gasteiger charge is 2.30. The Hall–Kier alpha value is -1.94. The lowest BCUT2D eigenvalue weighted by atomic mass is 10.0. The molecular weight excluding hydrogens is 1320 g/mol. The first-order valence-corrected chi connectivity index (χ1v) is 45.2. The molecule has 0 spiro atoms. The van der Waals surface area contributed by atoms with E-state index in [2.05, 4.69) is 55.4 Å². The monoisotopic (exact) mass is 1480 g/mol. The van der Waals surface area contributed by atoms with Crippen LogP contribution in [0.1, 0.15) is 421 Å². The number of carbonyl (C=O) groups is 4. The number of ether oxygens (including phenoxy) is 4. The minimum Gasteiger partial charge on any atom is -0.462 e. The molecule has 0 aromatic carbocycles. The van der Waals surface area contributed by atoms with Crippen LogP contribution in [0.2, 0.25) is 0 Å². The summed E-state index contributed by atoms with van der Waals surface area (Å²) < 4.78 is 68.7. The molecule has 0 amide bonds. The third-order valence-corrected chi connectivity index (χ3v) is 21.0. The van der Waals surface area contributed by atoms with Crippen molar-refractivity contribution in [2.24, 2.45) is 23.7 Å². The van der Waals surface area contributed by atoms with Gasteiger partial charge in [0.2, 0.25) is 0 Å². The van der Waals surface area contributed by atoms with Crippen LogP contribution in [-0.2, 0) is 65.4 Å². The Kier molecular flexibility index (Phi) is 69.6.